The molecule has 3 rings (SSSR count). The minimum absolute atomic E-state index is 0.0000651. The van der Waals surface area contributed by atoms with E-state index >= 15 is 0 Å². The number of carbonyl (C=O) groups excluding carboxylic acids is 2. The van der Waals surface area contributed by atoms with Crippen LogP contribution in [-0.2, 0) is 6.54 Å². The average Bonchev–Trinajstić information content (AvgIpc) is 2.68. The van der Waals surface area contributed by atoms with Crippen molar-refractivity contribution < 1.29 is 14.0 Å². The van der Waals surface area contributed by atoms with Gasteiger partial charge in [-0.3, -0.25) is 4.79 Å². The number of amides is 3. The lowest BCUT2D eigenvalue weighted by Gasteiger charge is -2.26. The minimum atomic E-state index is -0.378. The molecule has 0 aliphatic carbocycles. The molecular weight excluding hydrogens is 333 g/mol. The van der Waals surface area contributed by atoms with Gasteiger partial charge < -0.3 is 15.5 Å². The molecule has 2 aromatic rings. The summed E-state index contributed by atoms with van der Waals surface area (Å²) in [6, 6.07) is 12.5. The number of rotatable bonds is 4. The summed E-state index contributed by atoms with van der Waals surface area (Å²) < 4.78 is 12.9. The minimum Gasteiger partial charge on any atom is -0.339 e. The van der Waals surface area contributed by atoms with Crippen LogP contribution in [0.4, 0.5) is 14.9 Å². The molecule has 1 aliphatic heterocycles. The lowest BCUT2D eigenvalue weighted by molar-refractivity contribution is 0.0724. The fourth-order valence-corrected chi connectivity index (χ4v) is 2.97. The third-order valence-electron chi connectivity index (χ3n) is 4.38. The Bertz CT molecular complexity index is 771. The summed E-state index contributed by atoms with van der Waals surface area (Å²) in [5, 5.41) is 5.44. The van der Waals surface area contributed by atoms with Crippen LogP contribution in [0.3, 0.4) is 0 Å². The molecule has 0 bridgehead atoms. The fraction of sp³-hybridized carbons (Fsp3) is 0.300. The second-order valence-corrected chi connectivity index (χ2v) is 6.37. The number of likely N-dealkylation sites (tertiary alicyclic amines) is 1. The van der Waals surface area contributed by atoms with E-state index in [1.165, 1.54) is 18.6 Å². The first-order chi connectivity index (χ1) is 12.6. The Morgan fingerprint density at radius 3 is 2.46 bits per heavy atom. The van der Waals surface area contributed by atoms with Crippen LogP contribution in [0.2, 0.25) is 0 Å². The Hall–Kier alpha value is -2.89. The number of urea groups is 1. The molecule has 2 N–H and O–H groups in total. The summed E-state index contributed by atoms with van der Waals surface area (Å²) in [7, 11) is 0. The molecule has 0 aromatic heterocycles. The second-order valence-electron chi connectivity index (χ2n) is 6.37. The van der Waals surface area contributed by atoms with Crippen molar-refractivity contribution in [3.8, 4) is 0 Å². The Balaban J connectivity index is 1.56. The first-order valence-corrected chi connectivity index (χ1v) is 8.80. The molecule has 0 radical (unpaired) electrons. The van der Waals surface area contributed by atoms with Crippen molar-refractivity contribution in [3.63, 3.8) is 0 Å². The molecule has 3 amide bonds. The summed E-state index contributed by atoms with van der Waals surface area (Å²) in [5.74, 6) is -0.312. The number of halogens is 1. The third-order valence-corrected chi connectivity index (χ3v) is 4.38. The van der Waals surface area contributed by atoms with Crippen LogP contribution in [-0.4, -0.2) is 29.9 Å². The average molecular weight is 355 g/mol. The molecule has 0 spiro atoms. The zero-order valence-electron chi connectivity index (χ0n) is 14.5. The van der Waals surface area contributed by atoms with Crippen molar-refractivity contribution in [2.45, 2.75) is 25.8 Å². The monoisotopic (exact) mass is 355 g/mol. The maximum Gasteiger partial charge on any atom is 0.319 e. The smallest absolute Gasteiger partial charge is 0.319 e. The number of anilines is 1. The molecule has 2 aromatic carbocycles. The Morgan fingerprint density at radius 2 is 1.73 bits per heavy atom. The number of nitrogens with one attached hydrogen (secondary N) is 2. The van der Waals surface area contributed by atoms with Gasteiger partial charge in [0, 0.05) is 30.9 Å². The summed E-state index contributed by atoms with van der Waals surface area (Å²) in [6.45, 7) is 1.86. The van der Waals surface area contributed by atoms with Crippen LogP contribution in [0, 0.1) is 5.82 Å². The molecule has 1 saturated heterocycles. The van der Waals surface area contributed by atoms with Gasteiger partial charge in [0.05, 0.1) is 0 Å². The van der Waals surface area contributed by atoms with Gasteiger partial charge >= 0.3 is 6.03 Å². The summed E-state index contributed by atoms with van der Waals surface area (Å²) >= 11 is 0. The molecular formula is C20H22FN3O2. The highest BCUT2D eigenvalue weighted by molar-refractivity contribution is 5.97. The quantitative estimate of drug-likeness (QED) is 0.877. The van der Waals surface area contributed by atoms with Crippen LogP contribution in [0.1, 0.15) is 35.2 Å². The molecule has 0 atom stereocenters. The van der Waals surface area contributed by atoms with E-state index in [1.807, 2.05) is 4.90 Å². The van der Waals surface area contributed by atoms with Gasteiger partial charge in [-0.15, -0.1) is 0 Å². The molecule has 6 heteroatoms. The molecule has 136 valence electrons. The Kier molecular flexibility index (Phi) is 5.84. The SMILES string of the molecule is O=C(NCc1ccc(F)cc1)Nc1cccc(C(=O)N2CCCCC2)c1. The third kappa shape index (κ3) is 4.81. The normalized spacial score (nSPS) is 14.0. The first-order valence-electron chi connectivity index (χ1n) is 8.80. The van der Waals surface area contributed by atoms with Crippen LogP contribution in [0.5, 0.6) is 0 Å². The number of hydrogen-bond acceptors (Lipinski definition) is 2. The van der Waals surface area contributed by atoms with E-state index in [0.29, 0.717) is 17.8 Å². The lowest BCUT2D eigenvalue weighted by atomic mass is 10.1. The highest BCUT2D eigenvalue weighted by Crippen LogP contribution is 2.16. The standard InChI is InChI=1S/C20H22FN3O2/c21-17-9-7-15(8-10-17)14-22-20(26)23-18-6-4-5-16(13-18)19(25)24-11-2-1-3-12-24/h4-10,13H,1-3,11-12,14H2,(H2,22,23,26). The van der Waals surface area contributed by atoms with Gasteiger partial charge in [-0.2, -0.15) is 0 Å². The van der Waals surface area contributed by atoms with Gasteiger partial charge in [-0.05, 0) is 55.2 Å². The van der Waals surface area contributed by atoms with Gasteiger partial charge in [0.25, 0.3) is 5.91 Å². The molecule has 0 saturated carbocycles. The van der Waals surface area contributed by atoms with E-state index < -0.39 is 0 Å². The molecule has 5 nitrogen and oxygen atoms in total. The number of carbonyl (C=O) groups is 2. The van der Waals surface area contributed by atoms with Crippen molar-refractivity contribution in [1.29, 1.82) is 0 Å². The Labute approximate surface area is 152 Å². The topological polar surface area (TPSA) is 61.4 Å². The van der Waals surface area contributed by atoms with E-state index in [2.05, 4.69) is 10.6 Å². The highest BCUT2D eigenvalue weighted by atomic mass is 19.1. The molecule has 1 heterocycles. The van der Waals surface area contributed by atoms with Crippen molar-refractivity contribution in [2.75, 3.05) is 18.4 Å². The van der Waals surface area contributed by atoms with Gasteiger partial charge in [0.15, 0.2) is 0 Å². The summed E-state index contributed by atoms with van der Waals surface area (Å²) in [5.41, 5.74) is 1.93. The number of benzene rings is 2. The molecule has 0 unspecified atom stereocenters. The largest absolute Gasteiger partial charge is 0.339 e. The number of piperidine rings is 1. The van der Waals surface area contributed by atoms with Crippen molar-refractivity contribution >= 4 is 17.6 Å². The first kappa shape index (κ1) is 17.9. The van der Waals surface area contributed by atoms with Gasteiger partial charge in [-0.25, -0.2) is 9.18 Å². The van der Waals surface area contributed by atoms with E-state index in [0.717, 1.165) is 31.5 Å². The lowest BCUT2D eigenvalue weighted by Crippen LogP contribution is -2.35. The predicted molar refractivity (Wildman–Crippen MR) is 98.5 cm³/mol. The Morgan fingerprint density at radius 1 is 1.00 bits per heavy atom. The van der Waals surface area contributed by atoms with Crippen LogP contribution in [0.25, 0.3) is 0 Å². The van der Waals surface area contributed by atoms with Gasteiger partial charge in [0.1, 0.15) is 5.82 Å². The second kappa shape index (κ2) is 8.47. The van der Waals surface area contributed by atoms with E-state index in [1.54, 1.807) is 36.4 Å². The van der Waals surface area contributed by atoms with E-state index in [9.17, 15) is 14.0 Å². The fourth-order valence-electron chi connectivity index (χ4n) is 2.97. The number of nitrogens with zero attached hydrogens (tertiary/aromatic N) is 1. The molecule has 1 aliphatic rings. The maximum atomic E-state index is 12.9. The predicted octanol–water partition coefficient (Wildman–Crippen LogP) is 3.77. The van der Waals surface area contributed by atoms with Crippen LogP contribution >= 0.6 is 0 Å². The van der Waals surface area contributed by atoms with Crippen molar-refractivity contribution in [1.82, 2.24) is 10.2 Å². The highest BCUT2D eigenvalue weighted by Gasteiger charge is 2.18. The number of hydrogen-bond donors (Lipinski definition) is 2. The zero-order chi connectivity index (χ0) is 18.4. The zero-order valence-corrected chi connectivity index (χ0v) is 14.5. The van der Waals surface area contributed by atoms with E-state index in [4.69, 9.17) is 0 Å². The van der Waals surface area contributed by atoms with Crippen molar-refractivity contribution in [2.24, 2.45) is 0 Å². The van der Waals surface area contributed by atoms with Crippen molar-refractivity contribution in [3.05, 3.63) is 65.5 Å². The van der Waals surface area contributed by atoms with Crippen LogP contribution in [0.15, 0.2) is 48.5 Å². The van der Waals surface area contributed by atoms with Crippen LogP contribution < -0.4 is 10.6 Å². The molecule has 1 fully saturated rings. The van der Waals surface area contributed by atoms with Gasteiger partial charge in [0.2, 0.25) is 0 Å². The van der Waals surface area contributed by atoms with Gasteiger partial charge in [-0.1, -0.05) is 18.2 Å². The maximum absolute atomic E-state index is 12.9. The summed E-state index contributed by atoms with van der Waals surface area (Å²) in [4.78, 5) is 26.4. The van der Waals surface area contributed by atoms with E-state index in [-0.39, 0.29) is 17.8 Å². The molecule has 26 heavy (non-hydrogen) atoms. The summed E-state index contributed by atoms with van der Waals surface area (Å²) in [6.07, 6.45) is 3.24.